The number of H-pyrrole nitrogens is 1. The van der Waals surface area contributed by atoms with Gasteiger partial charge in [-0.2, -0.15) is 16.8 Å². The number of hydrogen-bond acceptors (Lipinski definition) is 6. The number of benzene rings is 2. The van der Waals surface area contributed by atoms with E-state index >= 15 is 0 Å². The first-order valence-corrected chi connectivity index (χ1v) is 10.6. The maximum atomic E-state index is 11.4. The van der Waals surface area contributed by atoms with E-state index < -0.39 is 20.8 Å². The van der Waals surface area contributed by atoms with Crippen LogP contribution in [0.25, 0.3) is 22.2 Å². The van der Waals surface area contributed by atoms with Gasteiger partial charge >= 0.3 is 20.8 Å². The fourth-order valence-electron chi connectivity index (χ4n) is 3.25. The average molecular weight is 423 g/mol. The third kappa shape index (κ3) is 3.47. The first-order valence-electron chi connectivity index (χ1n) is 7.89. The largest absolute Gasteiger partial charge is 0.446 e. The summed E-state index contributed by atoms with van der Waals surface area (Å²) in [5, 5.41) is 0.352. The molecule has 0 spiro atoms. The van der Waals surface area contributed by atoms with Gasteiger partial charge < -0.3 is 13.4 Å². The lowest BCUT2D eigenvalue weighted by atomic mass is 10.1. The van der Waals surface area contributed by atoms with Crippen LogP contribution in [0.3, 0.4) is 0 Å². The van der Waals surface area contributed by atoms with Crippen LogP contribution in [0.1, 0.15) is 16.8 Å². The number of para-hydroxylation sites is 1. The van der Waals surface area contributed by atoms with Crippen molar-refractivity contribution >= 4 is 43.0 Å². The third-order valence-corrected chi connectivity index (χ3v) is 5.00. The summed E-state index contributed by atoms with van der Waals surface area (Å²) in [6.07, 6.45) is 0.176. The first-order chi connectivity index (χ1) is 13.1. The molecule has 0 fully saturated rings. The van der Waals surface area contributed by atoms with Crippen molar-refractivity contribution in [3.05, 3.63) is 65.4 Å². The molecule has 0 aliphatic heterocycles. The highest BCUT2D eigenvalue weighted by atomic mass is 32.3. The molecule has 1 aliphatic carbocycles. The van der Waals surface area contributed by atoms with Gasteiger partial charge in [0.1, 0.15) is 0 Å². The standard InChI is InChI=1S/C17H13NO8S2/c19-27(20,21)25-16-11-6-2-1-5-10(11)9-13(16)15-17(26-28(22,23)24)12-7-3-4-8-14(12)18-15/h1-8,18H,9H2,(H,19,20,21)(H,22,23,24). The summed E-state index contributed by atoms with van der Waals surface area (Å²) in [4.78, 5) is 2.96. The molecule has 3 N–H and O–H groups in total. The van der Waals surface area contributed by atoms with Gasteiger partial charge in [-0.1, -0.05) is 36.4 Å². The normalized spacial score (nSPS) is 14.4. The van der Waals surface area contributed by atoms with Crippen LogP contribution in [0.15, 0.2) is 48.5 Å². The summed E-state index contributed by atoms with van der Waals surface area (Å²) in [6, 6.07) is 13.3. The summed E-state index contributed by atoms with van der Waals surface area (Å²) in [5.74, 6) is -0.373. The van der Waals surface area contributed by atoms with Crippen LogP contribution >= 0.6 is 0 Å². The Morgan fingerprint density at radius 3 is 2.21 bits per heavy atom. The Kier molecular flexibility index (Phi) is 4.19. The molecule has 1 aromatic heterocycles. The van der Waals surface area contributed by atoms with Gasteiger partial charge in [0.05, 0.1) is 5.69 Å². The van der Waals surface area contributed by atoms with Crippen LogP contribution in [0, 0.1) is 0 Å². The zero-order valence-corrected chi connectivity index (χ0v) is 15.6. The third-order valence-electron chi connectivity index (χ3n) is 4.24. The van der Waals surface area contributed by atoms with Gasteiger partial charge in [-0.25, -0.2) is 0 Å². The average Bonchev–Trinajstić information content (AvgIpc) is 3.11. The summed E-state index contributed by atoms with van der Waals surface area (Å²) in [5.41, 5.74) is 1.97. The van der Waals surface area contributed by atoms with Crippen LogP contribution in [0.4, 0.5) is 0 Å². The van der Waals surface area contributed by atoms with E-state index in [9.17, 15) is 25.9 Å². The minimum Gasteiger partial charge on any atom is -0.361 e. The molecule has 0 bridgehead atoms. The van der Waals surface area contributed by atoms with Gasteiger partial charge in [-0.3, -0.25) is 9.11 Å². The van der Waals surface area contributed by atoms with Gasteiger partial charge in [0.25, 0.3) is 0 Å². The van der Waals surface area contributed by atoms with Gasteiger partial charge in [-0.05, 0) is 17.7 Å². The second kappa shape index (κ2) is 6.34. The molecular weight excluding hydrogens is 410 g/mol. The van der Waals surface area contributed by atoms with E-state index in [-0.39, 0.29) is 29.2 Å². The van der Waals surface area contributed by atoms with Crippen LogP contribution in [0.2, 0.25) is 0 Å². The lowest BCUT2D eigenvalue weighted by molar-refractivity contribution is 0.370. The highest BCUT2D eigenvalue weighted by molar-refractivity contribution is 7.81. The van der Waals surface area contributed by atoms with E-state index in [0.29, 0.717) is 22.0 Å². The minimum atomic E-state index is -4.86. The fourth-order valence-corrected chi connectivity index (χ4v) is 4.04. The predicted octanol–water partition coefficient (Wildman–Crippen LogP) is 2.59. The fraction of sp³-hybridized carbons (Fsp3) is 0.0588. The Balaban J connectivity index is 2.00. The van der Waals surface area contributed by atoms with Gasteiger partial charge in [0.2, 0.25) is 0 Å². The molecular formula is C17H13NO8S2. The smallest absolute Gasteiger partial charge is 0.361 e. The highest BCUT2D eigenvalue weighted by Crippen LogP contribution is 2.44. The molecule has 4 rings (SSSR count). The van der Waals surface area contributed by atoms with Crippen molar-refractivity contribution in [1.29, 1.82) is 0 Å². The number of allylic oxidation sites excluding steroid dienone is 1. The van der Waals surface area contributed by atoms with Gasteiger partial charge in [0, 0.05) is 28.5 Å². The Morgan fingerprint density at radius 2 is 1.50 bits per heavy atom. The van der Waals surface area contributed by atoms with E-state index in [4.69, 9.17) is 8.37 Å². The number of fused-ring (bicyclic) bond motifs is 2. The lowest BCUT2D eigenvalue weighted by Crippen LogP contribution is -2.08. The maximum Gasteiger partial charge on any atom is 0.446 e. The van der Waals surface area contributed by atoms with Crippen LogP contribution in [-0.4, -0.2) is 30.9 Å². The number of nitrogens with one attached hydrogen (secondary N) is 1. The number of aromatic nitrogens is 1. The van der Waals surface area contributed by atoms with Crippen molar-refractivity contribution in [1.82, 2.24) is 4.98 Å². The molecule has 1 aliphatic rings. The van der Waals surface area contributed by atoms with Crippen molar-refractivity contribution in [3.63, 3.8) is 0 Å². The van der Waals surface area contributed by atoms with Crippen LogP contribution < -0.4 is 4.18 Å². The molecule has 146 valence electrons. The summed E-state index contributed by atoms with van der Waals surface area (Å²) in [7, 11) is -9.71. The second-order valence-electron chi connectivity index (χ2n) is 6.04. The Labute approximate surface area is 160 Å². The molecule has 2 aromatic carbocycles. The van der Waals surface area contributed by atoms with E-state index in [0.717, 1.165) is 0 Å². The first kappa shape index (κ1) is 18.5. The molecule has 11 heteroatoms. The molecule has 0 unspecified atom stereocenters. The molecule has 0 saturated carbocycles. The molecule has 0 saturated heterocycles. The van der Waals surface area contributed by atoms with Crippen LogP contribution in [-0.2, 0) is 31.4 Å². The summed E-state index contributed by atoms with van der Waals surface area (Å²) >= 11 is 0. The molecule has 0 atom stereocenters. The monoisotopic (exact) mass is 423 g/mol. The zero-order valence-electron chi connectivity index (χ0n) is 14.0. The van der Waals surface area contributed by atoms with Crippen molar-refractivity contribution in [2.75, 3.05) is 0 Å². The number of rotatable bonds is 5. The minimum absolute atomic E-state index is 0.105. The quantitative estimate of drug-likeness (QED) is 0.531. The predicted molar refractivity (Wildman–Crippen MR) is 100 cm³/mol. The second-order valence-corrected chi connectivity index (χ2v) is 8.08. The van der Waals surface area contributed by atoms with Crippen molar-refractivity contribution in [3.8, 4) is 5.75 Å². The Hall–Kier alpha value is -2.86. The van der Waals surface area contributed by atoms with Gasteiger partial charge in [0.15, 0.2) is 11.5 Å². The molecule has 0 amide bonds. The lowest BCUT2D eigenvalue weighted by Gasteiger charge is -2.09. The summed E-state index contributed by atoms with van der Waals surface area (Å²) < 4.78 is 73.5. The van der Waals surface area contributed by atoms with Crippen molar-refractivity contribution < 1.29 is 34.3 Å². The van der Waals surface area contributed by atoms with Crippen LogP contribution in [0.5, 0.6) is 5.75 Å². The van der Waals surface area contributed by atoms with Crippen molar-refractivity contribution in [2.45, 2.75) is 6.42 Å². The van der Waals surface area contributed by atoms with Gasteiger partial charge in [-0.15, -0.1) is 0 Å². The summed E-state index contributed by atoms with van der Waals surface area (Å²) in [6.45, 7) is 0. The molecule has 1 heterocycles. The molecule has 3 aromatic rings. The number of aromatic amines is 1. The topological polar surface area (TPSA) is 143 Å². The SMILES string of the molecule is O=S(=O)(O)OC1=C(c2[nH]c3ccccc3c2OS(=O)(=O)O)Cc2ccccc21. The van der Waals surface area contributed by atoms with E-state index in [1.165, 1.54) is 0 Å². The van der Waals surface area contributed by atoms with E-state index in [1.54, 1.807) is 48.5 Å². The molecule has 9 nitrogen and oxygen atoms in total. The Morgan fingerprint density at radius 1 is 0.857 bits per heavy atom. The maximum absolute atomic E-state index is 11.4. The highest BCUT2D eigenvalue weighted by Gasteiger charge is 2.31. The van der Waals surface area contributed by atoms with E-state index in [2.05, 4.69) is 4.98 Å². The number of hydrogen-bond donors (Lipinski definition) is 3. The molecule has 0 radical (unpaired) electrons. The van der Waals surface area contributed by atoms with Crippen molar-refractivity contribution in [2.24, 2.45) is 0 Å². The zero-order chi connectivity index (χ0) is 20.1. The van der Waals surface area contributed by atoms with E-state index in [1.807, 2.05) is 0 Å². The molecule has 28 heavy (non-hydrogen) atoms. The Bertz CT molecular complexity index is 1340.